The van der Waals surface area contributed by atoms with Crippen molar-refractivity contribution in [3.05, 3.63) is 63.6 Å². The second-order valence-electron chi connectivity index (χ2n) is 5.78. The Morgan fingerprint density at radius 2 is 1.88 bits per heavy atom. The van der Waals surface area contributed by atoms with Gasteiger partial charge in [-0.3, -0.25) is 14.4 Å². The lowest BCUT2D eigenvalue weighted by molar-refractivity contribution is -0.138. The number of ketones is 1. The van der Waals surface area contributed by atoms with Gasteiger partial charge in [0.2, 0.25) is 5.91 Å². The molecule has 0 unspecified atom stereocenters. The molecule has 8 heteroatoms. The van der Waals surface area contributed by atoms with Crippen molar-refractivity contribution in [2.24, 2.45) is 0 Å². The van der Waals surface area contributed by atoms with Gasteiger partial charge in [-0.25, -0.2) is 0 Å². The fraction of sp³-hybridized carbons (Fsp3) is 0.235. The van der Waals surface area contributed by atoms with Gasteiger partial charge in [-0.15, -0.1) is 0 Å². The number of likely N-dealkylation sites (N-methyl/N-ethyl adjacent to an activating group) is 1. The summed E-state index contributed by atoms with van der Waals surface area (Å²) in [7, 11) is 1.62. The molecule has 130 valence electrons. The second kappa shape index (κ2) is 5.87. The van der Waals surface area contributed by atoms with Gasteiger partial charge in [-0.2, -0.15) is 13.2 Å². The van der Waals surface area contributed by atoms with Gasteiger partial charge in [0, 0.05) is 30.6 Å². The fourth-order valence-electron chi connectivity index (χ4n) is 2.71. The highest BCUT2D eigenvalue weighted by atomic mass is 19.4. The van der Waals surface area contributed by atoms with E-state index in [1.807, 2.05) is 0 Å². The number of benzene rings is 1. The summed E-state index contributed by atoms with van der Waals surface area (Å²) in [6.45, 7) is -0.509. The monoisotopic (exact) mass is 350 g/mol. The first-order valence-corrected chi connectivity index (χ1v) is 7.37. The number of hydrogen-bond donors (Lipinski definition) is 0. The van der Waals surface area contributed by atoms with E-state index < -0.39 is 29.6 Å². The first-order chi connectivity index (χ1) is 11.7. The van der Waals surface area contributed by atoms with Crippen LogP contribution in [0, 0.1) is 0 Å². The summed E-state index contributed by atoms with van der Waals surface area (Å²) in [6.07, 6.45) is -3.81. The number of anilines is 1. The maximum absolute atomic E-state index is 12.7. The number of alkyl halides is 3. The van der Waals surface area contributed by atoms with E-state index in [4.69, 9.17) is 0 Å². The van der Waals surface area contributed by atoms with Crippen LogP contribution in [0.5, 0.6) is 0 Å². The minimum atomic E-state index is -4.60. The molecule has 0 N–H and O–H groups in total. The van der Waals surface area contributed by atoms with Crippen LogP contribution in [0.1, 0.15) is 21.5 Å². The number of aromatic nitrogens is 1. The molecular formula is C17H13F3N2O3. The van der Waals surface area contributed by atoms with Crippen molar-refractivity contribution in [3.8, 4) is 0 Å². The first-order valence-electron chi connectivity index (χ1n) is 7.37. The molecular weight excluding hydrogens is 337 g/mol. The van der Waals surface area contributed by atoms with E-state index >= 15 is 0 Å². The zero-order valence-corrected chi connectivity index (χ0v) is 13.1. The topological polar surface area (TPSA) is 59.4 Å². The summed E-state index contributed by atoms with van der Waals surface area (Å²) in [5.41, 5.74) is -0.0859. The molecule has 0 aliphatic carbocycles. The summed E-state index contributed by atoms with van der Waals surface area (Å²) in [4.78, 5) is 37.2. The van der Waals surface area contributed by atoms with Crippen LogP contribution in [-0.2, 0) is 23.9 Å². The van der Waals surface area contributed by atoms with Gasteiger partial charge in [0.25, 0.3) is 5.56 Å². The lowest BCUT2D eigenvalue weighted by Crippen LogP contribution is -2.25. The smallest absolute Gasteiger partial charge is 0.315 e. The maximum Gasteiger partial charge on any atom is 0.417 e. The highest BCUT2D eigenvalue weighted by molar-refractivity contribution is 6.03. The van der Waals surface area contributed by atoms with Crippen molar-refractivity contribution < 1.29 is 22.8 Å². The van der Waals surface area contributed by atoms with Gasteiger partial charge >= 0.3 is 6.18 Å². The molecule has 0 saturated heterocycles. The van der Waals surface area contributed by atoms with Gasteiger partial charge < -0.3 is 9.47 Å². The quantitative estimate of drug-likeness (QED) is 0.798. The lowest BCUT2D eigenvalue weighted by Gasteiger charge is -2.12. The van der Waals surface area contributed by atoms with Crippen LogP contribution in [0.4, 0.5) is 18.9 Å². The minimum absolute atomic E-state index is 0.103. The molecule has 0 radical (unpaired) electrons. The summed E-state index contributed by atoms with van der Waals surface area (Å²) in [5, 5.41) is 0. The van der Waals surface area contributed by atoms with Crippen LogP contribution in [0.15, 0.2) is 41.3 Å². The van der Waals surface area contributed by atoms with E-state index in [0.29, 0.717) is 23.5 Å². The molecule has 0 fully saturated rings. The molecule has 1 aliphatic rings. The zero-order valence-electron chi connectivity index (χ0n) is 13.1. The number of carbonyl (C=O) groups excluding carboxylic acids is 2. The van der Waals surface area contributed by atoms with E-state index in [2.05, 4.69) is 0 Å². The van der Waals surface area contributed by atoms with Gasteiger partial charge in [-0.05, 0) is 29.8 Å². The van der Waals surface area contributed by atoms with E-state index in [1.165, 1.54) is 17.0 Å². The van der Waals surface area contributed by atoms with E-state index in [1.54, 1.807) is 13.1 Å². The Hall–Kier alpha value is -2.90. The number of fused-ring (bicyclic) bond motifs is 1. The predicted octanol–water partition coefficient (Wildman–Crippen LogP) is 2.27. The van der Waals surface area contributed by atoms with Crippen LogP contribution in [0.3, 0.4) is 0 Å². The SMILES string of the molecule is CN1C(=O)Cc2cc(C(=O)Cn3cc(C(F)(F)F)ccc3=O)ccc21. The molecule has 5 nitrogen and oxygen atoms in total. The van der Waals surface area contributed by atoms with E-state index in [0.717, 1.165) is 10.6 Å². The average molecular weight is 350 g/mol. The fourth-order valence-corrected chi connectivity index (χ4v) is 2.71. The number of halogens is 3. The molecule has 1 amide bonds. The first kappa shape index (κ1) is 16.9. The summed E-state index contributed by atoms with van der Waals surface area (Å²) in [6, 6.07) is 6.11. The summed E-state index contributed by atoms with van der Waals surface area (Å²) < 4.78 is 39.0. The highest BCUT2D eigenvalue weighted by Crippen LogP contribution is 2.29. The Bertz CT molecular complexity index is 931. The largest absolute Gasteiger partial charge is 0.417 e. The molecule has 0 spiro atoms. The Balaban J connectivity index is 1.88. The number of nitrogens with zero attached hydrogens (tertiary/aromatic N) is 2. The van der Waals surface area contributed by atoms with Gasteiger partial charge in [0.15, 0.2) is 5.78 Å². The van der Waals surface area contributed by atoms with Crippen LogP contribution >= 0.6 is 0 Å². The zero-order chi connectivity index (χ0) is 18.4. The molecule has 0 atom stereocenters. The van der Waals surface area contributed by atoms with Crippen molar-refractivity contribution >= 4 is 17.4 Å². The average Bonchev–Trinajstić information content (AvgIpc) is 2.82. The lowest BCUT2D eigenvalue weighted by atomic mass is 10.0. The van der Waals surface area contributed by atoms with E-state index in [9.17, 15) is 27.6 Å². The van der Waals surface area contributed by atoms with Gasteiger partial charge in [0.1, 0.15) is 0 Å². The van der Waals surface area contributed by atoms with Crippen LogP contribution in [0.2, 0.25) is 0 Å². The van der Waals surface area contributed by atoms with Crippen LogP contribution < -0.4 is 10.5 Å². The molecule has 0 bridgehead atoms. The molecule has 1 aromatic heterocycles. The number of Topliss-reactive ketones (excluding diaryl/α,β-unsaturated/α-hetero) is 1. The van der Waals surface area contributed by atoms with Gasteiger partial charge in [0.05, 0.1) is 18.5 Å². The molecule has 1 aromatic carbocycles. The van der Waals surface area contributed by atoms with Crippen molar-refractivity contribution in [1.29, 1.82) is 0 Å². The minimum Gasteiger partial charge on any atom is -0.315 e. The van der Waals surface area contributed by atoms with E-state index in [-0.39, 0.29) is 17.9 Å². The van der Waals surface area contributed by atoms with Crippen molar-refractivity contribution in [3.63, 3.8) is 0 Å². The van der Waals surface area contributed by atoms with Crippen LogP contribution in [-0.4, -0.2) is 23.3 Å². The number of hydrogen-bond acceptors (Lipinski definition) is 3. The van der Waals surface area contributed by atoms with Gasteiger partial charge in [-0.1, -0.05) is 0 Å². The van der Waals surface area contributed by atoms with Crippen molar-refractivity contribution in [1.82, 2.24) is 4.57 Å². The van der Waals surface area contributed by atoms with Crippen LogP contribution in [0.25, 0.3) is 0 Å². The molecule has 1 aliphatic heterocycles. The second-order valence-corrected chi connectivity index (χ2v) is 5.78. The molecule has 3 rings (SSSR count). The Labute approximate surface area is 140 Å². The molecule has 2 aromatic rings. The number of carbonyl (C=O) groups is 2. The number of rotatable bonds is 3. The third kappa shape index (κ3) is 3.19. The highest BCUT2D eigenvalue weighted by Gasteiger charge is 2.31. The van der Waals surface area contributed by atoms with Crippen molar-refractivity contribution in [2.75, 3.05) is 11.9 Å². The predicted molar refractivity (Wildman–Crippen MR) is 83.6 cm³/mol. The standard InChI is InChI=1S/C17H13F3N2O3/c1-21-13-4-2-10(6-11(13)7-16(21)25)14(23)9-22-8-12(17(18,19)20)3-5-15(22)24/h2-6,8H,7,9H2,1H3. The molecule has 2 heterocycles. The Morgan fingerprint density at radius 1 is 1.16 bits per heavy atom. The summed E-state index contributed by atoms with van der Waals surface area (Å²) in [5.74, 6) is -0.611. The third-order valence-electron chi connectivity index (χ3n) is 4.10. The number of pyridine rings is 1. The third-order valence-corrected chi connectivity index (χ3v) is 4.10. The maximum atomic E-state index is 12.7. The normalized spacial score (nSPS) is 13.9. The Morgan fingerprint density at radius 3 is 2.56 bits per heavy atom. The Kier molecular flexibility index (Phi) is 3.98. The number of amides is 1. The van der Waals surface area contributed by atoms with Crippen molar-refractivity contribution in [2.45, 2.75) is 19.1 Å². The molecule has 0 saturated carbocycles. The molecule has 25 heavy (non-hydrogen) atoms. The summed E-state index contributed by atoms with van der Waals surface area (Å²) >= 11 is 0.